The van der Waals surface area contributed by atoms with E-state index in [1.54, 1.807) is 6.07 Å². The van der Waals surface area contributed by atoms with Gasteiger partial charge < -0.3 is 9.30 Å². The van der Waals surface area contributed by atoms with Gasteiger partial charge in [0.1, 0.15) is 5.69 Å². The zero-order chi connectivity index (χ0) is 11.4. The summed E-state index contributed by atoms with van der Waals surface area (Å²) in [6, 6.07) is 1.79. The molecule has 0 unspecified atom stereocenters. The van der Waals surface area contributed by atoms with Gasteiger partial charge in [0.05, 0.1) is 6.10 Å². The van der Waals surface area contributed by atoms with Crippen molar-refractivity contribution in [1.29, 1.82) is 0 Å². The Bertz CT molecular complexity index is 344. The van der Waals surface area contributed by atoms with Crippen LogP contribution in [0.2, 0.25) is 0 Å². The summed E-state index contributed by atoms with van der Waals surface area (Å²) in [6.07, 6.45) is 2.81. The number of esters is 1. The Balaban J connectivity index is 2.86. The van der Waals surface area contributed by atoms with Crippen molar-refractivity contribution >= 4 is 21.9 Å². The Morgan fingerprint density at radius 1 is 1.60 bits per heavy atom. The first-order chi connectivity index (χ1) is 7.04. The van der Waals surface area contributed by atoms with Crippen LogP contribution in [0.25, 0.3) is 0 Å². The number of hydrogen-bond acceptors (Lipinski definition) is 2. The van der Waals surface area contributed by atoms with Crippen LogP contribution in [0.4, 0.5) is 0 Å². The van der Waals surface area contributed by atoms with Crippen molar-refractivity contribution < 1.29 is 9.53 Å². The number of hydrogen-bond donors (Lipinski definition) is 0. The minimum Gasteiger partial charge on any atom is -0.458 e. The number of carbonyl (C=O) groups is 1. The lowest BCUT2D eigenvalue weighted by molar-refractivity contribution is 0.0365. The predicted octanol–water partition coefficient (Wildman–Crippen LogP) is 3.23. The molecule has 3 nitrogen and oxygen atoms in total. The Labute approximate surface area is 98.5 Å². The normalized spacial score (nSPS) is 10.7. The van der Waals surface area contributed by atoms with Crippen LogP contribution in [0.1, 0.15) is 37.7 Å². The molecule has 0 aromatic carbocycles. The highest BCUT2D eigenvalue weighted by Crippen LogP contribution is 2.16. The maximum absolute atomic E-state index is 11.7. The van der Waals surface area contributed by atoms with Crippen molar-refractivity contribution in [2.45, 2.75) is 39.8 Å². The minimum absolute atomic E-state index is 0.0822. The third kappa shape index (κ3) is 3.38. The van der Waals surface area contributed by atoms with Crippen LogP contribution in [0.5, 0.6) is 0 Å². The van der Waals surface area contributed by atoms with E-state index >= 15 is 0 Å². The molecule has 0 saturated carbocycles. The van der Waals surface area contributed by atoms with E-state index in [1.165, 1.54) is 0 Å². The van der Waals surface area contributed by atoms with E-state index in [4.69, 9.17) is 4.74 Å². The average Bonchev–Trinajstić information content (AvgIpc) is 2.46. The number of aryl methyl sites for hydroxylation is 1. The third-order valence-electron chi connectivity index (χ3n) is 1.88. The molecule has 15 heavy (non-hydrogen) atoms. The molecule has 0 aliphatic rings. The van der Waals surface area contributed by atoms with Crippen molar-refractivity contribution in [2.24, 2.45) is 0 Å². The van der Waals surface area contributed by atoms with E-state index < -0.39 is 0 Å². The summed E-state index contributed by atoms with van der Waals surface area (Å²) in [5, 5.41) is 0. The zero-order valence-electron chi connectivity index (χ0n) is 9.29. The Morgan fingerprint density at radius 3 is 2.80 bits per heavy atom. The van der Waals surface area contributed by atoms with E-state index in [-0.39, 0.29) is 12.1 Å². The molecule has 84 valence electrons. The summed E-state index contributed by atoms with van der Waals surface area (Å²) in [4.78, 5) is 11.7. The number of carbonyl (C=O) groups excluding carboxylic acids is 1. The quantitative estimate of drug-likeness (QED) is 0.789. The van der Waals surface area contributed by atoms with Crippen molar-refractivity contribution in [3.05, 3.63) is 22.4 Å². The van der Waals surface area contributed by atoms with Gasteiger partial charge in [0, 0.05) is 17.2 Å². The lowest BCUT2D eigenvalue weighted by atomic mass is 10.4. The predicted molar refractivity (Wildman–Crippen MR) is 63.0 cm³/mol. The molecule has 0 fully saturated rings. The molecule has 1 heterocycles. The number of nitrogens with zero attached hydrogens (tertiary/aromatic N) is 1. The first-order valence-electron chi connectivity index (χ1n) is 5.11. The Hall–Kier alpha value is -0.770. The summed E-state index contributed by atoms with van der Waals surface area (Å²) in [6.45, 7) is 6.60. The monoisotopic (exact) mass is 273 g/mol. The maximum Gasteiger partial charge on any atom is 0.355 e. The van der Waals surface area contributed by atoms with Crippen molar-refractivity contribution in [2.75, 3.05) is 0 Å². The van der Waals surface area contributed by atoms with Crippen LogP contribution in [0.3, 0.4) is 0 Å². The van der Waals surface area contributed by atoms with Crippen LogP contribution in [-0.4, -0.2) is 16.6 Å². The minimum atomic E-state index is -0.260. The lowest BCUT2D eigenvalue weighted by Crippen LogP contribution is -2.15. The molecule has 0 amide bonds. The van der Waals surface area contributed by atoms with Gasteiger partial charge in [0.25, 0.3) is 0 Å². The fraction of sp³-hybridized carbons (Fsp3) is 0.545. The smallest absolute Gasteiger partial charge is 0.355 e. The molecule has 4 heteroatoms. The second-order valence-electron chi connectivity index (χ2n) is 3.69. The third-order valence-corrected chi connectivity index (χ3v) is 2.31. The largest absolute Gasteiger partial charge is 0.458 e. The van der Waals surface area contributed by atoms with E-state index in [0.29, 0.717) is 5.69 Å². The van der Waals surface area contributed by atoms with Gasteiger partial charge in [-0.05, 0) is 42.3 Å². The number of halogens is 1. The van der Waals surface area contributed by atoms with Gasteiger partial charge in [-0.1, -0.05) is 6.92 Å². The molecule has 0 N–H and O–H groups in total. The van der Waals surface area contributed by atoms with Gasteiger partial charge >= 0.3 is 5.97 Å². The number of ether oxygens (including phenoxy) is 1. The van der Waals surface area contributed by atoms with E-state index in [2.05, 4.69) is 22.9 Å². The highest BCUT2D eigenvalue weighted by Gasteiger charge is 2.15. The van der Waals surface area contributed by atoms with Gasteiger partial charge in [-0.25, -0.2) is 4.79 Å². The SMILES string of the molecule is CCCn1cc(Br)cc1C(=O)OC(C)C. The van der Waals surface area contributed by atoms with Crippen molar-refractivity contribution in [3.63, 3.8) is 0 Å². The standard InChI is InChI=1S/C11H16BrNO2/c1-4-5-13-7-9(12)6-10(13)11(14)15-8(2)3/h6-8H,4-5H2,1-3H3. The summed E-state index contributed by atoms with van der Waals surface area (Å²) < 4.78 is 7.98. The second kappa shape index (κ2) is 5.35. The number of aromatic nitrogens is 1. The molecule has 1 rings (SSSR count). The fourth-order valence-electron chi connectivity index (χ4n) is 1.35. The lowest BCUT2D eigenvalue weighted by Gasteiger charge is -2.10. The molecule has 0 spiro atoms. The number of rotatable bonds is 4. The first-order valence-corrected chi connectivity index (χ1v) is 5.90. The van der Waals surface area contributed by atoms with Gasteiger partial charge in [0.15, 0.2) is 0 Å². The highest BCUT2D eigenvalue weighted by molar-refractivity contribution is 9.10. The van der Waals surface area contributed by atoms with Crippen molar-refractivity contribution in [3.8, 4) is 0 Å². The molecule has 1 aromatic rings. The van der Waals surface area contributed by atoms with E-state index in [0.717, 1.165) is 17.4 Å². The molecular weight excluding hydrogens is 258 g/mol. The van der Waals surface area contributed by atoms with Gasteiger partial charge in [0.2, 0.25) is 0 Å². The van der Waals surface area contributed by atoms with E-state index in [9.17, 15) is 4.79 Å². The molecule has 0 bridgehead atoms. The van der Waals surface area contributed by atoms with Gasteiger partial charge in [-0.3, -0.25) is 0 Å². The van der Waals surface area contributed by atoms with Crippen LogP contribution in [0.15, 0.2) is 16.7 Å². The second-order valence-corrected chi connectivity index (χ2v) is 4.61. The molecule has 0 aliphatic carbocycles. The molecule has 1 aromatic heterocycles. The molecule has 0 radical (unpaired) electrons. The van der Waals surface area contributed by atoms with Gasteiger partial charge in [-0.15, -0.1) is 0 Å². The summed E-state index contributed by atoms with van der Waals surface area (Å²) in [5.74, 6) is -0.260. The first kappa shape index (κ1) is 12.3. The van der Waals surface area contributed by atoms with Crippen LogP contribution < -0.4 is 0 Å². The Kier molecular flexibility index (Phi) is 4.39. The summed E-state index contributed by atoms with van der Waals surface area (Å²) >= 11 is 3.36. The summed E-state index contributed by atoms with van der Waals surface area (Å²) in [5.41, 5.74) is 0.609. The fourth-order valence-corrected chi connectivity index (χ4v) is 1.81. The molecule has 0 aliphatic heterocycles. The topological polar surface area (TPSA) is 31.2 Å². The van der Waals surface area contributed by atoms with E-state index in [1.807, 2.05) is 24.6 Å². The Morgan fingerprint density at radius 2 is 2.27 bits per heavy atom. The molecule has 0 saturated heterocycles. The van der Waals surface area contributed by atoms with Crippen LogP contribution in [-0.2, 0) is 11.3 Å². The molecule has 0 atom stereocenters. The maximum atomic E-state index is 11.7. The average molecular weight is 274 g/mol. The van der Waals surface area contributed by atoms with Gasteiger partial charge in [-0.2, -0.15) is 0 Å². The zero-order valence-corrected chi connectivity index (χ0v) is 10.9. The van der Waals surface area contributed by atoms with Crippen LogP contribution in [0, 0.1) is 0 Å². The molecular formula is C11H16BrNO2. The summed E-state index contributed by atoms with van der Waals surface area (Å²) in [7, 11) is 0. The van der Waals surface area contributed by atoms with Crippen LogP contribution >= 0.6 is 15.9 Å². The highest BCUT2D eigenvalue weighted by atomic mass is 79.9. The van der Waals surface area contributed by atoms with Crippen molar-refractivity contribution in [1.82, 2.24) is 4.57 Å².